The SMILES string of the molecule is C=CCN(CC=C)C(CCCCC)C(=O)O. The molecule has 0 aliphatic rings. The van der Waals surface area contributed by atoms with Crippen molar-refractivity contribution in [2.45, 2.75) is 38.6 Å². The zero-order valence-corrected chi connectivity index (χ0v) is 10.2. The van der Waals surface area contributed by atoms with Crippen molar-refractivity contribution >= 4 is 5.97 Å². The fourth-order valence-electron chi connectivity index (χ4n) is 1.71. The molecule has 0 radical (unpaired) electrons. The number of unbranched alkanes of at least 4 members (excludes halogenated alkanes) is 2. The van der Waals surface area contributed by atoms with Gasteiger partial charge in [-0.1, -0.05) is 38.3 Å². The monoisotopic (exact) mass is 225 g/mol. The molecule has 16 heavy (non-hydrogen) atoms. The quantitative estimate of drug-likeness (QED) is 0.459. The van der Waals surface area contributed by atoms with Gasteiger partial charge in [0.1, 0.15) is 6.04 Å². The molecule has 3 nitrogen and oxygen atoms in total. The van der Waals surface area contributed by atoms with Crippen LogP contribution < -0.4 is 0 Å². The summed E-state index contributed by atoms with van der Waals surface area (Å²) in [5.41, 5.74) is 0. The fraction of sp³-hybridized carbons (Fsp3) is 0.615. The van der Waals surface area contributed by atoms with E-state index in [-0.39, 0.29) is 0 Å². The topological polar surface area (TPSA) is 40.5 Å². The number of nitrogens with zero attached hydrogens (tertiary/aromatic N) is 1. The molecule has 0 heterocycles. The Hall–Kier alpha value is -1.09. The Morgan fingerprint density at radius 1 is 1.31 bits per heavy atom. The number of rotatable bonds is 10. The summed E-state index contributed by atoms with van der Waals surface area (Å²) in [4.78, 5) is 13.1. The minimum Gasteiger partial charge on any atom is -0.480 e. The highest BCUT2D eigenvalue weighted by molar-refractivity contribution is 5.73. The van der Waals surface area contributed by atoms with E-state index in [0.29, 0.717) is 19.5 Å². The van der Waals surface area contributed by atoms with E-state index in [4.69, 9.17) is 0 Å². The van der Waals surface area contributed by atoms with Gasteiger partial charge < -0.3 is 5.11 Å². The van der Waals surface area contributed by atoms with Crippen molar-refractivity contribution in [3.05, 3.63) is 25.3 Å². The molecule has 0 aromatic carbocycles. The summed E-state index contributed by atoms with van der Waals surface area (Å²) in [6.07, 6.45) is 7.32. The van der Waals surface area contributed by atoms with Gasteiger partial charge in [0.05, 0.1) is 0 Å². The summed E-state index contributed by atoms with van der Waals surface area (Å²) >= 11 is 0. The smallest absolute Gasteiger partial charge is 0.320 e. The maximum absolute atomic E-state index is 11.2. The minimum atomic E-state index is -0.750. The minimum absolute atomic E-state index is 0.414. The molecule has 0 aliphatic heterocycles. The molecule has 1 unspecified atom stereocenters. The van der Waals surface area contributed by atoms with E-state index in [2.05, 4.69) is 20.1 Å². The second kappa shape index (κ2) is 9.16. The number of hydrogen-bond donors (Lipinski definition) is 1. The number of aliphatic carboxylic acids is 1. The second-order valence-corrected chi connectivity index (χ2v) is 3.88. The number of carbonyl (C=O) groups is 1. The summed E-state index contributed by atoms with van der Waals surface area (Å²) in [7, 11) is 0. The molecule has 0 amide bonds. The average Bonchev–Trinajstić information content (AvgIpc) is 2.24. The maximum atomic E-state index is 11.2. The van der Waals surface area contributed by atoms with Gasteiger partial charge in [-0.3, -0.25) is 9.69 Å². The lowest BCUT2D eigenvalue weighted by molar-refractivity contribution is -0.143. The zero-order valence-electron chi connectivity index (χ0n) is 10.2. The van der Waals surface area contributed by atoms with E-state index < -0.39 is 12.0 Å². The Balaban J connectivity index is 4.37. The largest absolute Gasteiger partial charge is 0.480 e. The zero-order chi connectivity index (χ0) is 12.4. The third kappa shape index (κ3) is 5.71. The van der Waals surface area contributed by atoms with Crippen LogP contribution in [-0.4, -0.2) is 35.1 Å². The number of carboxylic acid groups (broad SMARTS) is 1. The summed E-state index contributed by atoms with van der Waals surface area (Å²) in [5, 5.41) is 9.19. The maximum Gasteiger partial charge on any atom is 0.320 e. The first-order valence-electron chi connectivity index (χ1n) is 5.86. The molecule has 1 N–H and O–H groups in total. The molecular weight excluding hydrogens is 202 g/mol. The second-order valence-electron chi connectivity index (χ2n) is 3.88. The highest BCUT2D eigenvalue weighted by atomic mass is 16.4. The number of hydrogen-bond acceptors (Lipinski definition) is 2. The molecule has 0 spiro atoms. The van der Waals surface area contributed by atoms with Crippen molar-refractivity contribution in [2.24, 2.45) is 0 Å². The van der Waals surface area contributed by atoms with Gasteiger partial charge >= 0.3 is 5.97 Å². The van der Waals surface area contributed by atoms with Gasteiger partial charge in [0.2, 0.25) is 0 Å². The standard InChI is InChI=1S/C13H23NO2/c1-4-7-8-9-12(13(15)16)14(10-5-2)11-6-3/h5-6,12H,2-4,7-11H2,1H3,(H,15,16). The molecule has 0 aromatic rings. The molecule has 1 atom stereocenters. The molecule has 0 aliphatic carbocycles. The van der Waals surface area contributed by atoms with Gasteiger partial charge in [-0.15, -0.1) is 13.2 Å². The van der Waals surface area contributed by atoms with Crippen LogP contribution in [0.3, 0.4) is 0 Å². The van der Waals surface area contributed by atoms with E-state index in [1.54, 1.807) is 12.2 Å². The van der Waals surface area contributed by atoms with Crippen molar-refractivity contribution in [3.63, 3.8) is 0 Å². The Labute approximate surface area is 98.5 Å². The lowest BCUT2D eigenvalue weighted by Crippen LogP contribution is -2.41. The fourth-order valence-corrected chi connectivity index (χ4v) is 1.71. The number of carboxylic acids is 1. The van der Waals surface area contributed by atoms with Crippen LogP contribution in [0.2, 0.25) is 0 Å². The van der Waals surface area contributed by atoms with E-state index in [1.807, 2.05) is 4.90 Å². The summed E-state index contributed by atoms with van der Waals surface area (Å²) < 4.78 is 0. The average molecular weight is 225 g/mol. The van der Waals surface area contributed by atoms with Gasteiger partial charge in [-0.2, -0.15) is 0 Å². The van der Waals surface area contributed by atoms with Crippen LogP contribution in [0.1, 0.15) is 32.6 Å². The Kier molecular flexibility index (Phi) is 8.53. The molecule has 92 valence electrons. The molecule has 0 fully saturated rings. The van der Waals surface area contributed by atoms with Crippen molar-refractivity contribution in [1.29, 1.82) is 0 Å². The lowest BCUT2D eigenvalue weighted by atomic mass is 10.1. The Bertz CT molecular complexity index is 216. The van der Waals surface area contributed by atoms with Crippen LogP contribution >= 0.6 is 0 Å². The first kappa shape index (κ1) is 14.9. The van der Waals surface area contributed by atoms with Gasteiger partial charge in [-0.25, -0.2) is 0 Å². The molecule has 0 bridgehead atoms. The van der Waals surface area contributed by atoms with Crippen LogP contribution in [0.15, 0.2) is 25.3 Å². The van der Waals surface area contributed by atoms with Gasteiger partial charge in [0, 0.05) is 13.1 Å². The van der Waals surface area contributed by atoms with Crippen molar-refractivity contribution in [2.75, 3.05) is 13.1 Å². The predicted octanol–water partition coefficient (Wildman–Crippen LogP) is 2.69. The van der Waals surface area contributed by atoms with Crippen LogP contribution in [0, 0.1) is 0 Å². The molecule has 0 saturated heterocycles. The highest BCUT2D eigenvalue weighted by Crippen LogP contribution is 2.10. The molecule has 3 heteroatoms. The van der Waals surface area contributed by atoms with Crippen LogP contribution in [-0.2, 0) is 4.79 Å². The Morgan fingerprint density at radius 3 is 2.25 bits per heavy atom. The molecule has 0 rings (SSSR count). The van der Waals surface area contributed by atoms with E-state index in [1.165, 1.54) is 0 Å². The van der Waals surface area contributed by atoms with Crippen molar-refractivity contribution < 1.29 is 9.90 Å². The summed E-state index contributed by atoms with van der Waals surface area (Å²) in [5.74, 6) is -0.750. The van der Waals surface area contributed by atoms with Crippen molar-refractivity contribution in [3.8, 4) is 0 Å². The van der Waals surface area contributed by atoms with Crippen LogP contribution in [0.4, 0.5) is 0 Å². The molecular formula is C13H23NO2. The Morgan fingerprint density at radius 2 is 1.88 bits per heavy atom. The normalized spacial score (nSPS) is 12.4. The third-order valence-corrected chi connectivity index (χ3v) is 2.53. The first-order chi connectivity index (χ1) is 7.67. The van der Waals surface area contributed by atoms with Gasteiger partial charge in [0.25, 0.3) is 0 Å². The van der Waals surface area contributed by atoms with Gasteiger partial charge in [0.15, 0.2) is 0 Å². The van der Waals surface area contributed by atoms with E-state index in [0.717, 1.165) is 19.3 Å². The van der Waals surface area contributed by atoms with E-state index in [9.17, 15) is 9.90 Å². The van der Waals surface area contributed by atoms with Crippen LogP contribution in [0.5, 0.6) is 0 Å². The molecule has 0 aromatic heterocycles. The lowest BCUT2D eigenvalue weighted by Gasteiger charge is -2.26. The highest BCUT2D eigenvalue weighted by Gasteiger charge is 2.22. The van der Waals surface area contributed by atoms with Gasteiger partial charge in [-0.05, 0) is 6.42 Å². The summed E-state index contributed by atoms with van der Waals surface area (Å²) in [6.45, 7) is 10.6. The first-order valence-corrected chi connectivity index (χ1v) is 5.86. The third-order valence-electron chi connectivity index (χ3n) is 2.53. The summed E-state index contributed by atoms with van der Waals surface area (Å²) in [6, 6.07) is -0.414. The van der Waals surface area contributed by atoms with Crippen LogP contribution in [0.25, 0.3) is 0 Å². The van der Waals surface area contributed by atoms with Crippen molar-refractivity contribution in [1.82, 2.24) is 4.90 Å². The van der Waals surface area contributed by atoms with E-state index >= 15 is 0 Å². The molecule has 0 saturated carbocycles. The predicted molar refractivity (Wildman–Crippen MR) is 67.5 cm³/mol.